The molecule has 21 heavy (non-hydrogen) atoms. The highest BCUT2D eigenvalue weighted by molar-refractivity contribution is 6.74. The first kappa shape index (κ1) is 16.5. The zero-order valence-corrected chi connectivity index (χ0v) is 14.8. The van der Waals surface area contributed by atoms with E-state index >= 15 is 0 Å². The SMILES string of the molecule is CC(C)(C)[Si](C)(C)Oc1ccc(CO)c(C(O)C2CC2)c1. The maximum Gasteiger partial charge on any atom is 0.250 e. The van der Waals surface area contributed by atoms with E-state index in [2.05, 4.69) is 33.9 Å². The van der Waals surface area contributed by atoms with E-state index in [1.165, 1.54) is 0 Å². The molecule has 1 aromatic rings. The third-order valence-electron chi connectivity index (χ3n) is 4.85. The van der Waals surface area contributed by atoms with Crippen LogP contribution < -0.4 is 4.43 Å². The number of rotatable bonds is 5. The summed E-state index contributed by atoms with van der Waals surface area (Å²) in [6, 6.07) is 5.72. The van der Waals surface area contributed by atoms with Crippen LogP contribution in [0.3, 0.4) is 0 Å². The van der Waals surface area contributed by atoms with Crippen LogP contribution in [0.25, 0.3) is 0 Å². The molecular weight excluding hydrogens is 280 g/mol. The first-order valence-corrected chi connectivity index (χ1v) is 10.7. The molecule has 0 saturated heterocycles. The van der Waals surface area contributed by atoms with Gasteiger partial charge in [-0.1, -0.05) is 26.8 Å². The number of hydrogen-bond acceptors (Lipinski definition) is 3. The minimum Gasteiger partial charge on any atom is -0.543 e. The second-order valence-corrected chi connectivity index (χ2v) is 12.4. The van der Waals surface area contributed by atoms with E-state index in [1.54, 1.807) is 0 Å². The molecule has 1 fully saturated rings. The zero-order valence-electron chi connectivity index (χ0n) is 13.8. The van der Waals surface area contributed by atoms with Gasteiger partial charge in [0.2, 0.25) is 8.32 Å². The highest BCUT2D eigenvalue weighted by Gasteiger charge is 2.39. The van der Waals surface area contributed by atoms with Crippen LogP contribution >= 0.6 is 0 Å². The summed E-state index contributed by atoms with van der Waals surface area (Å²) >= 11 is 0. The van der Waals surface area contributed by atoms with Crippen molar-refractivity contribution in [2.45, 2.75) is 64.5 Å². The largest absolute Gasteiger partial charge is 0.543 e. The van der Waals surface area contributed by atoms with Gasteiger partial charge >= 0.3 is 0 Å². The Bertz CT molecular complexity index is 501. The van der Waals surface area contributed by atoms with Gasteiger partial charge in [-0.25, -0.2) is 0 Å². The molecule has 0 amide bonds. The van der Waals surface area contributed by atoms with Crippen LogP contribution in [-0.2, 0) is 6.61 Å². The number of hydrogen-bond donors (Lipinski definition) is 2. The summed E-state index contributed by atoms with van der Waals surface area (Å²) in [5, 5.41) is 20.0. The molecule has 0 spiro atoms. The van der Waals surface area contributed by atoms with Gasteiger partial charge in [0.05, 0.1) is 12.7 Å². The predicted octanol–water partition coefficient (Wildman–Crippen LogP) is 4.01. The van der Waals surface area contributed by atoms with Gasteiger partial charge in [-0.2, -0.15) is 0 Å². The lowest BCUT2D eigenvalue weighted by Gasteiger charge is -2.36. The number of aliphatic hydroxyl groups is 2. The van der Waals surface area contributed by atoms with Gasteiger partial charge in [-0.3, -0.25) is 0 Å². The van der Waals surface area contributed by atoms with E-state index in [0.717, 1.165) is 29.7 Å². The quantitative estimate of drug-likeness (QED) is 0.808. The van der Waals surface area contributed by atoms with Crippen LogP contribution in [0.5, 0.6) is 5.75 Å². The van der Waals surface area contributed by atoms with E-state index in [-0.39, 0.29) is 11.6 Å². The van der Waals surface area contributed by atoms with Gasteiger partial charge in [0.1, 0.15) is 5.75 Å². The fourth-order valence-electron chi connectivity index (χ4n) is 2.17. The Hall–Kier alpha value is -0.843. The Morgan fingerprint density at radius 1 is 1.29 bits per heavy atom. The van der Waals surface area contributed by atoms with Gasteiger partial charge < -0.3 is 14.6 Å². The minimum atomic E-state index is -1.89. The molecule has 0 bridgehead atoms. The van der Waals surface area contributed by atoms with Crippen molar-refractivity contribution in [2.24, 2.45) is 5.92 Å². The maximum atomic E-state index is 10.4. The van der Waals surface area contributed by atoms with Crippen LogP contribution in [0, 0.1) is 5.92 Å². The van der Waals surface area contributed by atoms with Crippen molar-refractivity contribution in [1.82, 2.24) is 0 Å². The third kappa shape index (κ3) is 3.68. The molecule has 1 aromatic carbocycles. The van der Waals surface area contributed by atoms with Gasteiger partial charge in [0.25, 0.3) is 0 Å². The zero-order chi connectivity index (χ0) is 15.8. The van der Waals surface area contributed by atoms with Crippen molar-refractivity contribution in [3.8, 4) is 5.75 Å². The van der Waals surface area contributed by atoms with E-state index in [4.69, 9.17) is 4.43 Å². The molecule has 2 rings (SSSR count). The molecule has 1 atom stereocenters. The normalized spacial score (nSPS) is 17.7. The van der Waals surface area contributed by atoms with Crippen LogP contribution in [0.4, 0.5) is 0 Å². The molecule has 4 heteroatoms. The van der Waals surface area contributed by atoms with Crippen molar-refractivity contribution in [2.75, 3.05) is 0 Å². The first-order valence-electron chi connectivity index (χ1n) is 7.76. The standard InChI is InChI=1S/C17H28O3Si/c1-17(2,3)21(4,5)20-14-9-8-13(11-18)15(10-14)16(19)12-6-7-12/h8-10,12,16,18-19H,6-7,11H2,1-5H3. The molecule has 0 radical (unpaired) electrons. The Kier molecular flexibility index (Phi) is 4.52. The number of benzene rings is 1. The van der Waals surface area contributed by atoms with Gasteiger partial charge in [0.15, 0.2) is 0 Å². The van der Waals surface area contributed by atoms with Crippen molar-refractivity contribution < 1.29 is 14.6 Å². The maximum absolute atomic E-state index is 10.4. The summed E-state index contributed by atoms with van der Waals surface area (Å²) in [7, 11) is -1.89. The lowest BCUT2D eigenvalue weighted by molar-refractivity contribution is 0.150. The van der Waals surface area contributed by atoms with Crippen molar-refractivity contribution >= 4 is 8.32 Å². The first-order chi connectivity index (χ1) is 9.65. The Labute approximate surface area is 129 Å². The predicted molar refractivity (Wildman–Crippen MR) is 87.9 cm³/mol. The summed E-state index contributed by atoms with van der Waals surface area (Å²) in [5.74, 6) is 1.16. The summed E-state index contributed by atoms with van der Waals surface area (Å²) < 4.78 is 6.30. The van der Waals surface area contributed by atoms with Gasteiger partial charge in [0, 0.05) is 0 Å². The van der Waals surface area contributed by atoms with E-state index < -0.39 is 14.4 Å². The van der Waals surface area contributed by atoms with Crippen LogP contribution in [0.1, 0.15) is 50.8 Å². The molecule has 1 aliphatic carbocycles. The monoisotopic (exact) mass is 308 g/mol. The number of aliphatic hydroxyl groups excluding tert-OH is 2. The van der Waals surface area contributed by atoms with Crippen molar-refractivity contribution in [3.05, 3.63) is 29.3 Å². The molecule has 2 N–H and O–H groups in total. The summed E-state index contributed by atoms with van der Waals surface area (Å²) in [6.07, 6.45) is 1.66. The van der Waals surface area contributed by atoms with E-state index in [0.29, 0.717) is 5.92 Å². The average molecular weight is 308 g/mol. The topological polar surface area (TPSA) is 49.7 Å². The summed E-state index contributed by atoms with van der Waals surface area (Å²) in [6.45, 7) is 11.0. The van der Waals surface area contributed by atoms with Gasteiger partial charge in [-0.05, 0) is 60.2 Å². The summed E-state index contributed by atoms with van der Waals surface area (Å²) in [4.78, 5) is 0. The highest BCUT2D eigenvalue weighted by Crippen LogP contribution is 2.43. The molecule has 1 saturated carbocycles. The lowest BCUT2D eigenvalue weighted by atomic mass is 9.99. The van der Waals surface area contributed by atoms with Gasteiger partial charge in [-0.15, -0.1) is 0 Å². The highest BCUT2D eigenvalue weighted by atomic mass is 28.4. The fraction of sp³-hybridized carbons (Fsp3) is 0.647. The van der Waals surface area contributed by atoms with E-state index in [1.807, 2.05) is 18.2 Å². The minimum absolute atomic E-state index is 0.0422. The van der Waals surface area contributed by atoms with Crippen LogP contribution in [0.15, 0.2) is 18.2 Å². The Morgan fingerprint density at radius 3 is 2.38 bits per heavy atom. The molecule has 1 aliphatic rings. The Morgan fingerprint density at radius 2 is 1.90 bits per heavy atom. The molecule has 0 heterocycles. The van der Waals surface area contributed by atoms with E-state index in [9.17, 15) is 10.2 Å². The average Bonchev–Trinajstić information content (AvgIpc) is 3.20. The molecule has 3 nitrogen and oxygen atoms in total. The van der Waals surface area contributed by atoms with Crippen molar-refractivity contribution in [3.63, 3.8) is 0 Å². The van der Waals surface area contributed by atoms with Crippen molar-refractivity contribution in [1.29, 1.82) is 0 Å². The van der Waals surface area contributed by atoms with Crippen LogP contribution in [0.2, 0.25) is 18.1 Å². The second-order valence-electron chi connectivity index (χ2n) is 7.66. The third-order valence-corrected chi connectivity index (χ3v) is 9.21. The summed E-state index contributed by atoms with van der Waals surface area (Å²) in [5.41, 5.74) is 1.63. The fourth-order valence-corrected chi connectivity index (χ4v) is 3.19. The second kappa shape index (κ2) is 5.74. The Balaban J connectivity index is 2.27. The lowest BCUT2D eigenvalue weighted by Crippen LogP contribution is -2.43. The molecule has 0 aromatic heterocycles. The van der Waals surface area contributed by atoms with Crippen LogP contribution in [-0.4, -0.2) is 18.5 Å². The smallest absolute Gasteiger partial charge is 0.250 e. The molecule has 1 unspecified atom stereocenters. The molecule has 0 aliphatic heterocycles. The molecular formula is C17H28O3Si. The molecule has 118 valence electrons.